The summed E-state index contributed by atoms with van der Waals surface area (Å²) in [6.45, 7) is 2.74. The maximum atomic E-state index is 11.3. The van der Waals surface area contributed by atoms with Crippen molar-refractivity contribution in [1.29, 1.82) is 0 Å². The van der Waals surface area contributed by atoms with Crippen molar-refractivity contribution >= 4 is 5.97 Å². The average molecular weight is 186 g/mol. The highest BCUT2D eigenvalue weighted by molar-refractivity contribution is 5.75. The number of esters is 1. The number of hydrogen-bond acceptors (Lipinski definition) is 4. The van der Waals surface area contributed by atoms with Gasteiger partial charge in [-0.3, -0.25) is 4.79 Å². The molecule has 0 radical (unpaired) electrons. The normalized spacial score (nSPS) is 35.5. The number of fused-ring (bicyclic) bond motifs is 1. The minimum absolute atomic E-state index is 0.0842. The van der Waals surface area contributed by atoms with Crippen molar-refractivity contribution in [3.63, 3.8) is 0 Å². The van der Waals surface area contributed by atoms with E-state index in [0.29, 0.717) is 39.0 Å². The van der Waals surface area contributed by atoms with Crippen LogP contribution in [0.2, 0.25) is 0 Å². The number of carbonyl (C=O) groups is 1. The molecule has 0 amide bonds. The van der Waals surface area contributed by atoms with Crippen LogP contribution in [0, 0.1) is 11.8 Å². The SMILES string of the molecule is O=C1OCCOCCOC[C@H]2C[C@@H]12. The van der Waals surface area contributed by atoms with Gasteiger partial charge in [0.05, 0.1) is 32.3 Å². The summed E-state index contributed by atoms with van der Waals surface area (Å²) >= 11 is 0. The zero-order valence-corrected chi connectivity index (χ0v) is 7.53. The van der Waals surface area contributed by atoms with Crippen LogP contribution in [-0.4, -0.2) is 39.0 Å². The molecular weight excluding hydrogens is 172 g/mol. The van der Waals surface area contributed by atoms with Gasteiger partial charge in [-0.05, 0) is 12.3 Å². The molecule has 1 saturated carbocycles. The number of rotatable bonds is 0. The van der Waals surface area contributed by atoms with Crippen LogP contribution in [0.5, 0.6) is 0 Å². The summed E-state index contributed by atoms with van der Waals surface area (Å²) in [5.41, 5.74) is 0. The number of hydrogen-bond donors (Lipinski definition) is 0. The predicted octanol–water partition coefficient (Wildman–Crippen LogP) is 0.212. The maximum absolute atomic E-state index is 11.3. The summed E-state index contributed by atoms with van der Waals surface area (Å²) in [7, 11) is 0. The first-order valence-corrected chi connectivity index (χ1v) is 4.70. The highest BCUT2D eigenvalue weighted by atomic mass is 16.6. The summed E-state index contributed by atoms with van der Waals surface area (Å²) in [4.78, 5) is 11.3. The molecule has 2 aliphatic rings. The number of cyclic esters (lactones) is 1. The average Bonchev–Trinajstić information content (AvgIpc) is 2.87. The van der Waals surface area contributed by atoms with E-state index in [1.54, 1.807) is 0 Å². The molecule has 2 fully saturated rings. The first-order valence-electron chi connectivity index (χ1n) is 4.70. The molecule has 0 aromatic carbocycles. The summed E-state index contributed by atoms with van der Waals surface area (Å²) in [5.74, 6) is 0.405. The fourth-order valence-electron chi connectivity index (χ4n) is 1.48. The Kier molecular flexibility index (Phi) is 2.80. The van der Waals surface area contributed by atoms with E-state index in [-0.39, 0.29) is 11.9 Å². The molecule has 0 bridgehead atoms. The standard InChI is InChI=1S/C9H14O4/c10-9-8-5-7(8)6-12-2-1-11-3-4-13-9/h7-8H,1-6H2/t7-,8-/m1/s1. The van der Waals surface area contributed by atoms with Crippen LogP contribution in [0.4, 0.5) is 0 Å². The van der Waals surface area contributed by atoms with Crippen molar-refractivity contribution in [3.8, 4) is 0 Å². The van der Waals surface area contributed by atoms with E-state index < -0.39 is 0 Å². The lowest BCUT2D eigenvalue weighted by atomic mass is 10.3. The maximum Gasteiger partial charge on any atom is 0.309 e. The van der Waals surface area contributed by atoms with Gasteiger partial charge < -0.3 is 14.2 Å². The minimum atomic E-state index is -0.0842. The van der Waals surface area contributed by atoms with Crippen molar-refractivity contribution < 1.29 is 19.0 Å². The molecule has 1 saturated heterocycles. The summed E-state index contributed by atoms with van der Waals surface area (Å²) < 4.78 is 15.5. The summed E-state index contributed by atoms with van der Waals surface area (Å²) in [6.07, 6.45) is 0.930. The third-order valence-electron chi connectivity index (χ3n) is 2.40. The Hall–Kier alpha value is -0.610. The molecule has 1 aliphatic carbocycles. The Bertz CT molecular complexity index is 192. The second-order valence-electron chi connectivity index (χ2n) is 3.46. The second kappa shape index (κ2) is 4.07. The Labute approximate surface area is 77.1 Å². The van der Waals surface area contributed by atoms with Gasteiger partial charge in [0.2, 0.25) is 0 Å². The van der Waals surface area contributed by atoms with E-state index in [1.807, 2.05) is 0 Å². The van der Waals surface area contributed by atoms with Gasteiger partial charge in [0, 0.05) is 0 Å². The van der Waals surface area contributed by atoms with Gasteiger partial charge in [-0.25, -0.2) is 0 Å². The molecule has 13 heavy (non-hydrogen) atoms. The molecule has 0 unspecified atom stereocenters. The lowest BCUT2D eigenvalue weighted by Gasteiger charge is -2.03. The number of ether oxygens (including phenoxy) is 3. The van der Waals surface area contributed by atoms with Crippen molar-refractivity contribution in [2.24, 2.45) is 11.8 Å². The molecule has 2 rings (SSSR count). The topological polar surface area (TPSA) is 44.8 Å². The lowest BCUT2D eigenvalue weighted by molar-refractivity contribution is -0.147. The van der Waals surface area contributed by atoms with Crippen molar-refractivity contribution in [1.82, 2.24) is 0 Å². The summed E-state index contributed by atoms with van der Waals surface area (Å²) in [6, 6.07) is 0. The molecule has 0 N–H and O–H groups in total. The van der Waals surface area contributed by atoms with E-state index in [4.69, 9.17) is 14.2 Å². The fraction of sp³-hybridized carbons (Fsp3) is 0.889. The van der Waals surface area contributed by atoms with E-state index in [2.05, 4.69) is 0 Å². The molecule has 4 heteroatoms. The Morgan fingerprint density at radius 3 is 2.77 bits per heavy atom. The van der Waals surface area contributed by atoms with E-state index in [0.717, 1.165) is 6.42 Å². The summed E-state index contributed by atoms with van der Waals surface area (Å²) in [5, 5.41) is 0. The monoisotopic (exact) mass is 186 g/mol. The second-order valence-corrected chi connectivity index (χ2v) is 3.46. The molecule has 0 aromatic rings. The molecule has 74 valence electrons. The first-order chi connectivity index (χ1) is 6.38. The van der Waals surface area contributed by atoms with Crippen molar-refractivity contribution in [2.75, 3.05) is 33.0 Å². The largest absolute Gasteiger partial charge is 0.463 e. The highest BCUT2D eigenvalue weighted by Crippen LogP contribution is 2.39. The molecule has 0 spiro atoms. The Morgan fingerprint density at radius 2 is 1.85 bits per heavy atom. The molecule has 0 aromatic heterocycles. The minimum Gasteiger partial charge on any atom is -0.463 e. The van der Waals surface area contributed by atoms with Crippen LogP contribution in [0.25, 0.3) is 0 Å². The molecule has 2 atom stereocenters. The quantitative estimate of drug-likeness (QED) is 0.507. The van der Waals surface area contributed by atoms with Gasteiger partial charge in [0.15, 0.2) is 0 Å². The van der Waals surface area contributed by atoms with Crippen LogP contribution < -0.4 is 0 Å². The van der Waals surface area contributed by atoms with E-state index in [1.165, 1.54) is 0 Å². The van der Waals surface area contributed by atoms with Crippen molar-refractivity contribution in [3.05, 3.63) is 0 Å². The Morgan fingerprint density at radius 1 is 1.08 bits per heavy atom. The van der Waals surface area contributed by atoms with Gasteiger partial charge in [-0.1, -0.05) is 0 Å². The van der Waals surface area contributed by atoms with Crippen LogP contribution in [0.3, 0.4) is 0 Å². The van der Waals surface area contributed by atoms with E-state index >= 15 is 0 Å². The Balaban J connectivity index is 1.81. The zero-order chi connectivity index (χ0) is 9.10. The molecular formula is C9H14O4. The lowest BCUT2D eigenvalue weighted by Crippen LogP contribution is -2.12. The third kappa shape index (κ3) is 2.42. The van der Waals surface area contributed by atoms with Crippen molar-refractivity contribution in [2.45, 2.75) is 6.42 Å². The smallest absolute Gasteiger partial charge is 0.309 e. The van der Waals surface area contributed by atoms with Gasteiger partial charge in [-0.2, -0.15) is 0 Å². The van der Waals surface area contributed by atoms with Crippen LogP contribution in [0.15, 0.2) is 0 Å². The highest BCUT2D eigenvalue weighted by Gasteiger charge is 2.44. The molecule has 1 heterocycles. The first kappa shape index (κ1) is 8.97. The number of carbonyl (C=O) groups excluding carboxylic acids is 1. The van der Waals surface area contributed by atoms with Crippen LogP contribution >= 0.6 is 0 Å². The van der Waals surface area contributed by atoms with E-state index in [9.17, 15) is 4.79 Å². The zero-order valence-electron chi connectivity index (χ0n) is 7.53. The third-order valence-corrected chi connectivity index (χ3v) is 2.40. The fourth-order valence-corrected chi connectivity index (χ4v) is 1.48. The molecule has 1 aliphatic heterocycles. The van der Waals surface area contributed by atoms with Crippen LogP contribution in [-0.2, 0) is 19.0 Å². The van der Waals surface area contributed by atoms with Gasteiger partial charge in [-0.15, -0.1) is 0 Å². The van der Waals surface area contributed by atoms with Gasteiger partial charge in [0.1, 0.15) is 6.61 Å². The van der Waals surface area contributed by atoms with Gasteiger partial charge in [0.25, 0.3) is 0 Å². The predicted molar refractivity (Wildman–Crippen MR) is 44.2 cm³/mol. The molecule has 4 nitrogen and oxygen atoms in total. The van der Waals surface area contributed by atoms with Gasteiger partial charge >= 0.3 is 5.97 Å². The van der Waals surface area contributed by atoms with Crippen LogP contribution in [0.1, 0.15) is 6.42 Å².